The number of hydrogen-bond donors (Lipinski definition) is 4. The fourth-order valence-electron chi connectivity index (χ4n) is 10.7. The Kier molecular flexibility index (Phi) is 10.8. The van der Waals surface area contributed by atoms with Crippen LogP contribution in [0, 0.1) is 83.1 Å². The second kappa shape index (κ2) is 15.8. The Bertz CT molecular complexity index is 2810. The van der Waals surface area contributed by atoms with E-state index in [1.54, 1.807) is 0 Å². The first-order chi connectivity index (χ1) is 28.7. The molecule has 307 valence electrons. The van der Waals surface area contributed by atoms with Crippen LogP contribution in [-0.4, -0.2) is 19.9 Å². The summed E-state index contributed by atoms with van der Waals surface area (Å²) in [5.41, 5.74) is 28.9. The van der Waals surface area contributed by atoms with Gasteiger partial charge in [-0.05, 0) is 198 Å². The van der Waals surface area contributed by atoms with Crippen molar-refractivity contribution in [2.24, 2.45) is 0 Å². The van der Waals surface area contributed by atoms with Crippen LogP contribution in [0.15, 0.2) is 97.1 Å². The monoisotopic (exact) mass is 839 g/mol. The Balaban J connectivity index is 0.00000514. The van der Waals surface area contributed by atoms with Crippen molar-refractivity contribution in [1.29, 1.82) is 0 Å². The predicted molar refractivity (Wildman–Crippen MR) is 251 cm³/mol. The number of aromatic amines is 4. The van der Waals surface area contributed by atoms with Crippen molar-refractivity contribution < 1.29 is 17.1 Å². The summed E-state index contributed by atoms with van der Waals surface area (Å²) in [7, 11) is 0. The molecule has 0 amide bonds. The van der Waals surface area contributed by atoms with E-state index >= 15 is 0 Å². The summed E-state index contributed by atoms with van der Waals surface area (Å²) in [5, 5.41) is 4.27. The van der Waals surface area contributed by atoms with Crippen molar-refractivity contribution in [3.8, 4) is 0 Å². The molecule has 9 rings (SSSR count). The molecular weight excluding hydrogens is 784 g/mol. The van der Waals surface area contributed by atoms with Gasteiger partial charge < -0.3 is 19.9 Å². The van der Waals surface area contributed by atoms with Crippen LogP contribution in [0.1, 0.15) is 112 Å². The van der Waals surface area contributed by atoms with Gasteiger partial charge in [0, 0.05) is 83.5 Å². The summed E-state index contributed by atoms with van der Waals surface area (Å²) < 4.78 is 0. The number of nitrogens with one attached hydrogen (secondary N) is 4. The molecule has 4 N–H and O–H groups in total. The molecule has 8 bridgehead atoms. The topological polar surface area (TPSA) is 63.2 Å². The molecule has 8 aromatic rings. The molecule has 0 saturated heterocycles. The quantitative estimate of drug-likeness (QED) is 0.128. The van der Waals surface area contributed by atoms with Crippen molar-refractivity contribution in [2.75, 3.05) is 0 Å². The average Bonchev–Trinajstić information content (AvgIpc) is 3.99. The maximum atomic E-state index is 4.03. The summed E-state index contributed by atoms with van der Waals surface area (Å²) in [6, 6.07) is 36.7. The summed E-state index contributed by atoms with van der Waals surface area (Å²) in [5.74, 6) is 0. The van der Waals surface area contributed by atoms with Crippen molar-refractivity contribution >= 4 is 22.3 Å². The molecule has 0 atom stereocenters. The summed E-state index contributed by atoms with van der Waals surface area (Å²) >= 11 is 0. The number of benzene rings is 4. The molecule has 5 heteroatoms. The largest absolute Gasteiger partial charge is 0.354 e. The summed E-state index contributed by atoms with van der Waals surface area (Å²) in [4.78, 5) is 16.1. The van der Waals surface area contributed by atoms with Crippen LogP contribution in [0.25, 0.3) is 22.3 Å². The van der Waals surface area contributed by atoms with E-state index in [1.165, 1.54) is 89.0 Å². The van der Waals surface area contributed by atoms with Gasteiger partial charge in [-0.25, -0.2) is 0 Å². The van der Waals surface area contributed by atoms with Gasteiger partial charge >= 0.3 is 0 Å². The zero-order valence-electron chi connectivity index (χ0n) is 37.6. The first kappa shape index (κ1) is 41.7. The van der Waals surface area contributed by atoms with Gasteiger partial charge in [-0.2, -0.15) is 0 Å². The number of fused-ring (bicyclic) bond motifs is 8. The van der Waals surface area contributed by atoms with E-state index in [-0.39, 0.29) is 17.1 Å². The van der Waals surface area contributed by atoms with Crippen LogP contribution < -0.4 is 21.4 Å². The van der Waals surface area contributed by atoms with Crippen molar-refractivity contribution in [2.45, 2.75) is 83.1 Å². The minimum atomic E-state index is 0. The first-order valence-corrected chi connectivity index (χ1v) is 21.3. The number of rotatable bonds is 4. The Morgan fingerprint density at radius 3 is 0.607 bits per heavy atom. The summed E-state index contributed by atoms with van der Waals surface area (Å²) in [6.07, 6.45) is 0. The second-order valence-electron chi connectivity index (χ2n) is 17.7. The van der Waals surface area contributed by atoms with Gasteiger partial charge in [-0.15, -0.1) is 0 Å². The van der Waals surface area contributed by atoms with E-state index in [9.17, 15) is 0 Å². The van der Waals surface area contributed by atoms with Gasteiger partial charge in [-0.3, -0.25) is 0 Å². The summed E-state index contributed by atoms with van der Waals surface area (Å²) in [6.45, 7) is 26.7. The van der Waals surface area contributed by atoms with Crippen LogP contribution in [-0.2, 0) is 17.1 Å². The number of aryl methyl sites for hydroxylation is 12. The van der Waals surface area contributed by atoms with Gasteiger partial charge in [-0.1, -0.05) is 70.8 Å². The fraction of sp³-hybridized carbons (Fsp3) is 0.214. The van der Waals surface area contributed by atoms with E-state index < -0.39 is 0 Å². The van der Waals surface area contributed by atoms with E-state index in [1.807, 2.05) is 0 Å². The molecule has 5 heterocycles. The van der Waals surface area contributed by atoms with Crippen LogP contribution in [0.5, 0.6) is 0 Å². The smallest absolute Gasteiger partial charge is 0.0486 e. The Morgan fingerprint density at radius 2 is 0.426 bits per heavy atom. The zero-order valence-corrected chi connectivity index (χ0v) is 38.8. The Morgan fingerprint density at radius 1 is 0.246 bits per heavy atom. The van der Waals surface area contributed by atoms with Crippen LogP contribution in [0.4, 0.5) is 0 Å². The maximum Gasteiger partial charge on any atom is 0.0486 e. The molecular formula is C56H56MnN4. The molecule has 61 heavy (non-hydrogen) atoms. The fourth-order valence-corrected chi connectivity index (χ4v) is 10.7. The zero-order chi connectivity index (χ0) is 42.3. The van der Waals surface area contributed by atoms with Gasteiger partial charge in [0.15, 0.2) is 0 Å². The molecule has 1 aliphatic rings. The maximum absolute atomic E-state index is 4.03. The average molecular weight is 840 g/mol. The minimum absolute atomic E-state index is 0. The van der Waals surface area contributed by atoms with Gasteiger partial charge in [0.25, 0.3) is 0 Å². The molecule has 0 saturated carbocycles. The third-order valence-corrected chi connectivity index (χ3v) is 12.6. The van der Waals surface area contributed by atoms with Gasteiger partial charge in [0.1, 0.15) is 0 Å². The molecule has 0 unspecified atom stereocenters. The molecule has 0 aliphatic carbocycles. The van der Waals surface area contributed by atoms with Crippen LogP contribution >= 0.6 is 0 Å². The second-order valence-corrected chi connectivity index (χ2v) is 17.7. The van der Waals surface area contributed by atoms with Crippen molar-refractivity contribution in [1.82, 2.24) is 19.9 Å². The van der Waals surface area contributed by atoms with E-state index in [0.717, 1.165) is 66.5 Å². The molecule has 1 radical (unpaired) electrons. The molecule has 0 fully saturated rings. The van der Waals surface area contributed by atoms with E-state index in [2.05, 4.69) is 200 Å². The normalized spacial score (nSPS) is 12.7. The molecule has 4 nitrogen and oxygen atoms in total. The molecule has 0 spiro atoms. The van der Waals surface area contributed by atoms with E-state index in [4.69, 9.17) is 0 Å². The predicted octanol–water partition coefficient (Wildman–Crippen LogP) is 10.0. The number of H-pyrrole nitrogens is 4. The van der Waals surface area contributed by atoms with Crippen molar-refractivity contribution in [3.05, 3.63) is 230 Å². The minimum Gasteiger partial charge on any atom is -0.354 e. The first-order valence-electron chi connectivity index (χ1n) is 21.3. The standard InChI is InChI=1S/C56H56N4.Mn/c1-29-21-33(5)49(34(6)22-29)53-41-13-15-43(57-41)54(50-35(7)23-30(2)24-36(50)8)45-17-19-47(59-45)56(52-39(11)27-32(4)28-40(52)12)48-20-18-46(60-48)55(44-16-14-42(53)58-44)51-37(9)25-31(3)26-38(51)10;/h13-28,57-60H,1-12H3;. The third-order valence-electron chi connectivity index (χ3n) is 12.6. The van der Waals surface area contributed by atoms with Gasteiger partial charge in [0.2, 0.25) is 0 Å². The Labute approximate surface area is 370 Å². The van der Waals surface area contributed by atoms with Crippen molar-refractivity contribution in [3.63, 3.8) is 0 Å². The van der Waals surface area contributed by atoms with Gasteiger partial charge in [0.05, 0.1) is 0 Å². The third kappa shape index (κ3) is 7.24. The Hall–Kier alpha value is -6.00. The molecule has 4 aromatic heterocycles. The molecule has 1 aliphatic heterocycles. The van der Waals surface area contributed by atoms with Crippen LogP contribution in [0.3, 0.4) is 0 Å². The van der Waals surface area contributed by atoms with E-state index in [0.29, 0.717) is 0 Å². The SMILES string of the molecule is Cc1cc(C)c(C2=c3ccc([nH]3)=C(c3c(C)cc(C)cc3C)c3ccc([nH]3)C(c3c(C)cc(C)cc3C)=c3ccc([nH]3)=C(c3c(C)cc(C)cc3C)c3ccc2[nH]3)c(C)c1.[Mn]. The number of hydrogen-bond acceptors (Lipinski definition) is 0. The number of aromatic nitrogens is 4. The molecule has 4 aromatic carbocycles. The van der Waals surface area contributed by atoms with Crippen LogP contribution in [0.2, 0.25) is 0 Å².